The lowest BCUT2D eigenvalue weighted by atomic mass is 9.78. The molecular formula is C22H26BN3O2. The number of nitrogens with zero attached hydrogens (tertiary/aromatic N) is 2. The Morgan fingerprint density at radius 3 is 2.39 bits per heavy atom. The first-order valence-electron chi connectivity index (χ1n) is 9.61. The first kappa shape index (κ1) is 18.9. The van der Waals surface area contributed by atoms with E-state index in [9.17, 15) is 0 Å². The van der Waals surface area contributed by atoms with Gasteiger partial charge in [-0.2, -0.15) is 0 Å². The zero-order chi connectivity index (χ0) is 20.1. The van der Waals surface area contributed by atoms with Gasteiger partial charge in [-0.25, -0.2) is 4.98 Å². The highest BCUT2D eigenvalue weighted by Crippen LogP contribution is 2.36. The summed E-state index contributed by atoms with van der Waals surface area (Å²) < 4.78 is 12.4. The van der Waals surface area contributed by atoms with Gasteiger partial charge in [-0.15, -0.1) is 0 Å². The molecule has 0 spiro atoms. The molecule has 0 saturated carbocycles. The van der Waals surface area contributed by atoms with Crippen LogP contribution < -0.4 is 10.8 Å². The van der Waals surface area contributed by atoms with E-state index in [1.165, 1.54) is 0 Å². The third-order valence-electron chi connectivity index (χ3n) is 5.60. The zero-order valence-corrected chi connectivity index (χ0v) is 17.3. The topological polar surface area (TPSA) is 56.3 Å². The number of pyridine rings is 2. The van der Waals surface area contributed by atoms with E-state index in [-0.39, 0.29) is 11.2 Å². The molecule has 5 nitrogen and oxygen atoms in total. The summed E-state index contributed by atoms with van der Waals surface area (Å²) in [4.78, 5) is 9.17. The van der Waals surface area contributed by atoms with Crippen molar-refractivity contribution in [1.82, 2.24) is 9.97 Å². The number of rotatable bonds is 3. The molecule has 1 aliphatic heterocycles. The molecule has 144 valence electrons. The van der Waals surface area contributed by atoms with Crippen LogP contribution in [-0.4, -0.2) is 28.3 Å². The van der Waals surface area contributed by atoms with Crippen LogP contribution in [0, 0.1) is 13.8 Å². The van der Waals surface area contributed by atoms with Crippen LogP contribution in [0.15, 0.2) is 42.6 Å². The predicted octanol–water partition coefficient (Wildman–Crippen LogP) is 4.29. The summed E-state index contributed by atoms with van der Waals surface area (Å²) in [5.74, 6) is 0.751. The lowest BCUT2D eigenvalue weighted by molar-refractivity contribution is 0.00578. The van der Waals surface area contributed by atoms with Gasteiger partial charge in [0.05, 0.1) is 11.2 Å². The number of hydrogen-bond donors (Lipinski definition) is 1. The zero-order valence-electron chi connectivity index (χ0n) is 17.3. The second kappa shape index (κ2) is 6.57. The van der Waals surface area contributed by atoms with Crippen LogP contribution in [0.4, 0.5) is 11.5 Å². The van der Waals surface area contributed by atoms with E-state index in [0.29, 0.717) is 0 Å². The third kappa shape index (κ3) is 3.38. The van der Waals surface area contributed by atoms with E-state index in [2.05, 4.69) is 68.1 Å². The van der Waals surface area contributed by atoms with Gasteiger partial charge < -0.3 is 14.6 Å². The van der Waals surface area contributed by atoms with E-state index < -0.39 is 7.12 Å². The highest BCUT2D eigenvalue weighted by atomic mass is 16.7. The molecule has 6 heteroatoms. The normalized spacial score (nSPS) is 17.9. The van der Waals surface area contributed by atoms with Gasteiger partial charge in [0, 0.05) is 23.0 Å². The molecule has 4 rings (SSSR count). The molecule has 28 heavy (non-hydrogen) atoms. The summed E-state index contributed by atoms with van der Waals surface area (Å²) in [5, 5.41) is 4.52. The van der Waals surface area contributed by atoms with Crippen LogP contribution in [0.2, 0.25) is 0 Å². The Morgan fingerprint density at radius 1 is 0.964 bits per heavy atom. The van der Waals surface area contributed by atoms with Crippen LogP contribution in [0.25, 0.3) is 10.9 Å². The van der Waals surface area contributed by atoms with Gasteiger partial charge in [0.25, 0.3) is 0 Å². The molecule has 0 bridgehead atoms. The Morgan fingerprint density at radius 2 is 1.68 bits per heavy atom. The summed E-state index contributed by atoms with van der Waals surface area (Å²) in [7, 11) is -0.397. The maximum absolute atomic E-state index is 6.22. The first-order valence-corrected chi connectivity index (χ1v) is 9.61. The number of hydrogen-bond acceptors (Lipinski definition) is 5. The fraction of sp³-hybridized carbons (Fsp3) is 0.364. The Balaban J connectivity index is 1.70. The first-order chi connectivity index (χ1) is 13.1. The van der Waals surface area contributed by atoms with E-state index in [0.717, 1.165) is 39.1 Å². The van der Waals surface area contributed by atoms with Gasteiger partial charge in [-0.1, -0.05) is 12.1 Å². The second-order valence-electron chi connectivity index (χ2n) is 8.53. The number of anilines is 2. The third-order valence-corrected chi connectivity index (χ3v) is 5.60. The smallest absolute Gasteiger partial charge is 0.399 e. The van der Waals surface area contributed by atoms with Crippen molar-refractivity contribution in [2.24, 2.45) is 0 Å². The Kier molecular flexibility index (Phi) is 4.44. The maximum atomic E-state index is 6.22. The Hall–Kier alpha value is -2.44. The fourth-order valence-corrected chi connectivity index (χ4v) is 3.44. The van der Waals surface area contributed by atoms with Crippen molar-refractivity contribution in [1.29, 1.82) is 0 Å². The quantitative estimate of drug-likeness (QED) is 0.692. The molecule has 0 amide bonds. The summed E-state index contributed by atoms with van der Waals surface area (Å²) >= 11 is 0. The summed E-state index contributed by atoms with van der Waals surface area (Å²) in [5.41, 5.74) is 4.12. The lowest BCUT2D eigenvalue weighted by Gasteiger charge is -2.32. The molecule has 0 radical (unpaired) electrons. The largest absolute Gasteiger partial charge is 0.494 e. The van der Waals surface area contributed by atoms with Crippen molar-refractivity contribution < 1.29 is 9.31 Å². The SMILES string of the molecule is Cc1cc(Nc2nc(C)cc3cccnc23)cc(B2OC(C)(C)C(C)(C)O2)c1. The van der Waals surface area contributed by atoms with E-state index in [1.807, 2.05) is 25.1 Å². The number of aryl methyl sites for hydroxylation is 2. The molecule has 1 fully saturated rings. The molecule has 1 aliphatic rings. The minimum Gasteiger partial charge on any atom is -0.399 e. The highest BCUT2D eigenvalue weighted by molar-refractivity contribution is 6.62. The summed E-state index contributed by atoms with van der Waals surface area (Å²) in [6.45, 7) is 12.3. The van der Waals surface area contributed by atoms with Crippen molar-refractivity contribution in [3.8, 4) is 0 Å². The van der Waals surface area contributed by atoms with Crippen LogP contribution in [0.1, 0.15) is 39.0 Å². The number of nitrogens with one attached hydrogen (secondary N) is 1. The molecule has 1 N–H and O–H groups in total. The van der Waals surface area contributed by atoms with Gasteiger partial charge in [-0.3, -0.25) is 4.98 Å². The molecule has 3 heterocycles. The molecule has 0 unspecified atom stereocenters. The van der Waals surface area contributed by atoms with E-state index in [1.54, 1.807) is 6.20 Å². The maximum Gasteiger partial charge on any atom is 0.494 e. The summed E-state index contributed by atoms with van der Waals surface area (Å²) in [6.07, 6.45) is 1.79. The van der Waals surface area contributed by atoms with Crippen LogP contribution in [0.5, 0.6) is 0 Å². The molecule has 0 aliphatic carbocycles. The molecule has 3 aromatic rings. The van der Waals surface area contributed by atoms with E-state index in [4.69, 9.17) is 9.31 Å². The van der Waals surface area contributed by atoms with Gasteiger partial charge in [0.15, 0.2) is 5.82 Å². The average molecular weight is 375 g/mol. The van der Waals surface area contributed by atoms with Crippen molar-refractivity contribution in [3.63, 3.8) is 0 Å². The fourth-order valence-electron chi connectivity index (χ4n) is 3.44. The second-order valence-corrected chi connectivity index (χ2v) is 8.53. The van der Waals surface area contributed by atoms with Crippen LogP contribution >= 0.6 is 0 Å². The van der Waals surface area contributed by atoms with Gasteiger partial charge in [0.1, 0.15) is 5.52 Å². The Bertz CT molecular complexity index is 1030. The van der Waals surface area contributed by atoms with Crippen molar-refractivity contribution in [3.05, 3.63) is 53.9 Å². The number of fused-ring (bicyclic) bond motifs is 1. The molecule has 1 aromatic carbocycles. The van der Waals surface area contributed by atoms with Gasteiger partial charge >= 0.3 is 7.12 Å². The monoisotopic (exact) mass is 375 g/mol. The van der Waals surface area contributed by atoms with E-state index >= 15 is 0 Å². The number of aromatic nitrogens is 2. The number of benzene rings is 1. The standard InChI is InChI=1S/C22H26BN3O2/c1-14-10-17(23-27-21(3,4)22(5,6)28-23)13-18(11-14)26-20-19-16(8-7-9-24-19)12-15(2)25-20/h7-13H,1-6H3,(H,25,26). The highest BCUT2D eigenvalue weighted by Gasteiger charge is 2.51. The summed E-state index contributed by atoms with van der Waals surface area (Å²) in [6, 6.07) is 12.3. The van der Waals surface area contributed by atoms with Gasteiger partial charge in [0.2, 0.25) is 0 Å². The molecule has 2 aromatic heterocycles. The molecular weight excluding hydrogens is 349 g/mol. The minimum atomic E-state index is -0.397. The van der Waals surface area contributed by atoms with Crippen molar-refractivity contribution >= 4 is 35.0 Å². The predicted molar refractivity (Wildman–Crippen MR) is 114 cm³/mol. The van der Waals surface area contributed by atoms with Crippen molar-refractivity contribution in [2.75, 3.05) is 5.32 Å². The molecule has 0 atom stereocenters. The van der Waals surface area contributed by atoms with Gasteiger partial charge in [-0.05, 0) is 76.8 Å². The van der Waals surface area contributed by atoms with Crippen LogP contribution in [-0.2, 0) is 9.31 Å². The lowest BCUT2D eigenvalue weighted by Crippen LogP contribution is -2.41. The van der Waals surface area contributed by atoms with Crippen LogP contribution in [0.3, 0.4) is 0 Å². The van der Waals surface area contributed by atoms with Crippen molar-refractivity contribution in [2.45, 2.75) is 52.7 Å². The molecule has 1 saturated heterocycles. The average Bonchev–Trinajstić information content (AvgIpc) is 2.82. The minimum absolute atomic E-state index is 0.368. The Labute approximate surface area is 166 Å².